The van der Waals surface area contributed by atoms with Gasteiger partial charge in [-0.15, -0.1) is 0 Å². The first-order chi connectivity index (χ1) is 7.24. The van der Waals surface area contributed by atoms with Crippen molar-refractivity contribution in [3.63, 3.8) is 0 Å². The molecule has 1 rings (SSSR count). The van der Waals surface area contributed by atoms with E-state index in [0.717, 1.165) is 11.6 Å². The minimum atomic E-state index is -0.594. The molecule has 1 N–H and O–H groups in total. The van der Waals surface area contributed by atoms with Crippen molar-refractivity contribution in [3.05, 3.63) is 48.6 Å². The van der Waals surface area contributed by atoms with E-state index in [-0.39, 0.29) is 6.61 Å². The fraction of sp³-hybridized carbons (Fsp3) is 0.250. The standard InChI is InChI=1S/C12H14O3/c1-2-12(14)15-9-8-11(13)10-6-4-3-5-7-10/h2-7,11,13H,1,8-9H2. The average molecular weight is 206 g/mol. The Labute approximate surface area is 89.0 Å². The van der Waals surface area contributed by atoms with Crippen LogP contribution in [0.15, 0.2) is 43.0 Å². The van der Waals surface area contributed by atoms with Gasteiger partial charge in [-0.05, 0) is 5.56 Å². The van der Waals surface area contributed by atoms with E-state index < -0.39 is 12.1 Å². The third-order valence-electron chi connectivity index (χ3n) is 1.99. The van der Waals surface area contributed by atoms with Gasteiger partial charge >= 0.3 is 5.97 Å². The lowest BCUT2D eigenvalue weighted by Crippen LogP contribution is -2.06. The van der Waals surface area contributed by atoms with Crippen LogP contribution in [0.1, 0.15) is 18.1 Å². The van der Waals surface area contributed by atoms with E-state index in [2.05, 4.69) is 6.58 Å². The molecule has 1 aromatic rings. The summed E-state index contributed by atoms with van der Waals surface area (Å²) in [4.78, 5) is 10.7. The molecule has 3 nitrogen and oxygen atoms in total. The largest absolute Gasteiger partial charge is 0.462 e. The molecule has 0 radical (unpaired) electrons. The Kier molecular flexibility index (Phi) is 4.57. The topological polar surface area (TPSA) is 46.5 Å². The van der Waals surface area contributed by atoms with Crippen LogP contribution in [0.2, 0.25) is 0 Å². The number of carbonyl (C=O) groups is 1. The molecule has 0 heterocycles. The third-order valence-corrected chi connectivity index (χ3v) is 1.99. The first-order valence-electron chi connectivity index (χ1n) is 4.76. The van der Waals surface area contributed by atoms with Crippen LogP contribution in [-0.4, -0.2) is 17.7 Å². The predicted octanol–water partition coefficient (Wildman–Crippen LogP) is 1.84. The minimum absolute atomic E-state index is 0.195. The van der Waals surface area contributed by atoms with Crippen molar-refractivity contribution in [1.82, 2.24) is 0 Å². The van der Waals surface area contributed by atoms with Crippen LogP contribution in [0.25, 0.3) is 0 Å². The maximum absolute atomic E-state index is 10.7. The van der Waals surface area contributed by atoms with Crippen LogP contribution in [0.5, 0.6) is 0 Å². The maximum atomic E-state index is 10.7. The molecule has 0 saturated carbocycles. The Morgan fingerprint density at radius 2 is 2.13 bits per heavy atom. The number of esters is 1. The molecule has 0 aliphatic rings. The maximum Gasteiger partial charge on any atom is 0.330 e. The number of carbonyl (C=O) groups excluding carboxylic acids is 1. The number of hydrogen-bond donors (Lipinski definition) is 1. The molecule has 0 aromatic heterocycles. The van der Waals surface area contributed by atoms with Crippen LogP contribution >= 0.6 is 0 Å². The van der Waals surface area contributed by atoms with Gasteiger partial charge in [0.05, 0.1) is 12.7 Å². The zero-order chi connectivity index (χ0) is 11.1. The molecule has 3 heteroatoms. The number of ether oxygens (including phenoxy) is 1. The van der Waals surface area contributed by atoms with Crippen LogP contribution in [0, 0.1) is 0 Å². The molecular formula is C12H14O3. The Hall–Kier alpha value is -1.61. The first kappa shape index (κ1) is 11.5. The summed E-state index contributed by atoms with van der Waals surface area (Å²) >= 11 is 0. The molecule has 15 heavy (non-hydrogen) atoms. The van der Waals surface area contributed by atoms with Crippen LogP contribution < -0.4 is 0 Å². The lowest BCUT2D eigenvalue weighted by atomic mass is 10.1. The quantitative estimate of drug-likeness (QED) is 0.590. The molecule has 0 saturated heterocycles. The van der Waals surface area contributed by atoms with Gasteiger partial charge in [-0.25, -0.2) is 4.79 Å². The van der Waals surface area contributed by atoms with Gasteiger partial charge in [0, 0.05) is 12.5 Å². The van der Waals surface area contributed by atoms with E-state index in [4.69, 9.17) is 4.74 Å². The summed E-state index contributed by atoms with van der Waals surface area (Å²) in [5.41, 5.74) is 0.826. The van der Waals surface area contributed by atoms with Crippen molar-refractivity contribution in [1.29, 1.82) is 0 Å². The highest BCUT2D eigenvalue weighted by molar-refractivity contribution is 5.81. The number of aliphatic hydroxyl groups excluding tert-OH is 1. The predicted molar refractivity (Wildman–Crippen MR) is 57.2 cm³/mol. The van der Waals surface area contributed by atoms with Crippen LogP contribution in [0.4, 0.5) is 0 Å². The first-order valence-corrected chi connectivity index (χ1v) is 4.76. The van der Waals surface area contributed by atoms with E-state index in [0.29, 0.717) is 6.42 Å². The third kappa shape index (κ3) is 3.95. The van der Waals surface area contributed by atoms with E-state index in [1.807, 2.05) is 30.3 Å². The monoisotopic (exact) mass is 206 g/mol. The van der Waals surface area contributed by atoms with Crippen molar-refractivity contribution in [2.75, 3.05) is 6.61 Å². The zero-order valence-electron chi connectivity index (χ0n) is 8.43. The van der Waals surface area contributed by atoms with Gasteiger partial charge in [0.15, 0.2) is 0 Å². The lowest BCUT2D eigenvalue weighted by Gasteiger charge is -2.10. The average Bonchev–Trinajstić information content (AvgIpc) is 2.29. The second-order valence-corrected chi connectivity index (χ2v) is 3.09. The van der Waals surface area contributed by atoms with Crippen molar-refractivity contribution >= 4 is 5.97 Å². The summed E-state index contributed by atoms with van der Waals surface area (Å²) in [5.74, 6) is -0.463. The molecule has 80 valence electrons. The van der Waals surface area contributed by atoms with Gasteiger partial charge < -0.3 is 9.84 Å². The molecule has 0 aliphatic carbocycles. The lowest BCUT2D eigenvalue weighted by molar-refractivity contribution is -0.138. The summed E-state index contributed by atoms with van der Waals surface area (Å²) in [7, 11) is 0. The second-order valence-electron chi connectivity index (χ2n) is 3.09. The fourth-order valence-electron chi connectivity index (χ4n) is 1.17. The van der Waals surface area contributed by atoms with Gasteiger partial charge in [0.25, 0.3) is 0 Å². The van der Waals surface area contributed by atoms with Crippen molar-refractivity contribution in [2.45, 2.75) is 12.5 Å². The molecule has 0 spiro atoms. The molecule has 0 fully saturated rings. The van der Waals surface area contributed by atoms with Gasteiger partial charge in [0.1, 0.15) is 0 Å². The summed E-state index contributed by atoms with van der Waals surface area (Å²) in [6, 6.07) is 9.26. The zero-order valence-corrected chi connectivity index (χ0v) is 8.43. The second kappa shape index (κ2) is 5.98. The Bertz CT molecular complexity index is 319. The normalized spacial score (nSPS) is 11.8. The van der Waals surface area contributed by atoms with Crippen molar-refractivity contribution in [3.8, 4) is 0 Å². The fourth-order valence-corrected chi connectivity index (χ4v) is 1.17. The highest BCUT2D eigenvalue weighted by atomic mass is 16.5. The number of hydrogen-bond acceptors (Lipinski definition) is 3. The molecule has 1 unspecified atom stereocenters. The number of aliphatic hydroxyl groups is 1. The highest BCUT2D eigenvalue weighted by Crippen LogP contribution is 2.15. The molecule has 1 atom stereocenters. The summed E-state index contributed by atoms with van der Waals surface area (Å²) < 4.78 is 4.77. The highest BCUT2D eigenvalue weighted by Gasteiger charge is 2.07. The van der Waals surface area contributed by atoms with E-state index in [1.165, 1.54) is 0 Å². The molecule has 0 aliphatic heterocycles. The van der Waals surface area contributed by atoms with E-state index in [9.17, 15) is 9.90 Å². The SMILES string of the molecule is C=CC(=O)OCCC(O)c1ccccc1. The Morgan fingerprint density at radius 3 is 2.73 bits per heavy atom. The molecule has 0 bridgehead atoms. The van der Waals surface area contributed by atoms with Gasteiger partial charge in [-0.1, -0.05) is 36.9 Å². The van der Waals surface area contributed by atoms with Crippen molar-refractivity contribution in [2.24, 2.45) is 0 Å². The number of benzene rings is 1. The summed E-state index contributed by atoms with van der Waals surface area (Å²) in [6.45, 7) is 3.47. The minimum Gasteiger partial charge on any atom is -0.462 e. The molecular weight excluding hydrogens is 192 g/mol. The summed E-state index contributed by atoms with van der Waals surface area (Å²) in [5, 5.41) is 9.69. The Morgan fingerprint density at radius 1 is 1.47 bits per heavy atom. The van der Waals surface area contributed by atoms with Crippen LogP contribution in [0.3, 0.4) is 0 Å². The smallest absolute Gasteiger partial charge is 0.330 e. The van der Waals surface area contributed by atoms with Gasteiger partial charge in [0.2, 0.25) is 0 Å². The Balaban J connectivity index is 2.34. The van der Waals surface area contributed by atoms with Crippen molar-refractivity contribution < 1.29 is 14.6 Å². The number of rotatable bonds is 5. The summed E-state index contributed by atoms with van der Waals surface area (Å²) in [6.07, 6.45) is 0.905. The van der Waals surface area contributed by atoms with E-state index >= 15 is 0 Å². The van der Waals surface area contributed by atoms with Crippen LogP contribution in [-0.2, 0) is 9.53 Å². The van der Waals surface area contributed by atoms with Gasteiger partial charge in [-0.2, -0.15) is 0 Å². The van der Waals surface area contributed by atoms with Gasteiger partial charge in [-0.3, -0.25) is 0 Å². The molecule has 1 aromatic carbocycles. The molecule has 0 amide bonds. The van der Waals surface area contributed by atoms with E-state index in [1.54, 1.807) is 0 Å².